The van der Waals surface area contributed by atoms with Crippen LogP contribution in [0.15, 0.2) is 17.3 Å². The fourth-order valence-corrected chi connectivity index (χ4v) is 4.39. The van der Waals surface area contributed by atoms with E-state index in [0.717, 1.165) is 18.4 Å². The van der Waals surface area contributed by atoms with Gasteiger partial charge in [0.2, 0.25) is 11.1 Å². The van der Waals surface area contributed by atoms with E-state index in [4.69, 9.17) is 9.47 Å². The molecule has 1 amide bonds. The third-order valence-corrected chi connectivity index (χ3v) is 5.87. The molecule has 1 N–H and O–H groups in total. The average molecular weight is 407 g/mol. The highest BCUT2D eigenvalue weighted by Crippen LogP contribution is 2.31. The van der Waals surface area contributed by atoms with Gasteiger partial charge in [-0.2, -0.15) is 0 Å². The summed E-state index contributed by atoms with van der Waals surface area (Å²) in [6.45, 7) is 0.885. The molecule has 0 saturated heterocycles. The van der Waals surface area contributed by atoms with Gasteiger partial charge in [0.1, 0.15) is 11.6 Å². The van der Waals surface area contributed by atoms with E-state index in [0.29, 0.717) is 42.1 Å². The van der Waals surface area contributed by atoms with Crippen molar-refractivity contribution in [2.24, 2.45) is 0 Å². The van der Waals surface area contributed by atoms with Gasteiger partial charge < -0.3 is 14.8 Å². The molecular formula is C18H22FN5O3S. The zero-order chi connectivity index (χ0) is 19.3. The number of amides is 1. The van der Waals surface area contributed by atoms with Gasteiger partial charge in [-0.1, -0.05) is 24.6 Å². The number of aromatic nitrogens is 4. The van der Waals surface area contributed by atoms with Crippen LogP contribution in [0.1, 0.15) is 42.9 Å². The summed E-state index contributed by atoms with van der Waals surface area (Å²) < 4.78 is 26.3. The predicted molar refractivity (Wildman–Crippen MR) is 99.4 cm³/mol. The topological polar surface area (TPSA) is 91.2 Å². The highest BCUT2D eigenvalue weighted by molar-refractivity contribution is 7.99. The van der Waals surface area contributed by atoms with Crippen molar-refractivity contribution in [3.05, 3.63) is 29.1 Å². The molecule has 2 aromatic rings. The second-order valence-electron chi connectivity index (χ2n) is 6.90. The Kier molecular flexibility index (Phi) is 6.06. The molecule has 1 aliphatic carbocycles. The minimum atomic E-state index is -0.330. The normalized spacial score (nSPS) is 16.6. The summed E-state index contributed by atoms with van der Waals surface area (Å²) in [5.41, 5.74) is 1.43. The van der Waals surface area contributed by atoms with Crippen molar-refractivity contribution in [1.29, 1.82) is 0 Å². The number of nitrogens with one attached hydrogen (secondary N) is 1. The molecule has 150 valence electrons. The molecule has 0 bridgehead atoms. The van der Waals surface area contributed by atoms with Crippen molar-refractivity contribution in [1.82, 2.24) is 25.5 Å². The van der Waals surface area contributed by atoms with E-state index in [1.165, 1.54) is 36.7 Å². The Morgan fingerprint density at radius 2 is 2.21 bits per heavy atom. The van der Waals surface area contributed by atoms with Crippen LogP contribution in [0.3, 0.4) is 0 Å². The number of hydrogen-bond acceptors (Lipinski definition) is 7. The van der Waals surface area contributed by atoms with Gasteiger partial charge in [-0.15, -0.1) is 5.10 Å². The van der Waals surface area contributed by atoms with Crippen LogP contribution < -0.4 is 10.1 Å². The summed E-state index contributed by atoms with van der Waals surface area (Å²) in [4.78, 5) is 12.2. The fraction of sp³-hybridized carbons (Fsp3) is 0.556. The van der Waals surface area contributed by atoms with Gasteiger partial charge in [-0.25, -0.2) is 9.07 Å². The number of carbonyl (C=O) groups excluding carboxylic acids is 1. The van der Waals surface area contributed by atoms with Crippen LogP contribution >= 0.6 is 11.8 Å². The number of nitrogens with zero attached hydrogens (tertiary/aromatic N) is 4. The van der Waals surface area contributed by atoms with Crippen LogP contribution in [0.2, 0.25) is 0 Å². The van der Waals surface area contributed by atoms with E-state index in [1.54, 1.807) is 0 Å². The number of carbonyl (C=O) groups is 1. The summed E-state index contributed by atoms with van der Waals surface area (Å²) in [6.07, 6.45) is 5.02. The van der Waals surface area contributed by atoms with E-state index < -0.39 is 0 Å². The van der Waals surface area contributed by atoms with Crippen molar-refractivity contribution in [3.63, 3.8) is 0 Å². The number of hydrogen-bond donors (Lipinski definition) is 1. The lowest BCUT2D eigenvalue weighted by Gasteiger charge is -2.21. The molecule has 4 rings (SSSR count). The average Bonchev–Trinajstić information content (AvgIpc) is 3.37. The highest BCUT2D eigenvalue weighted by atomic mass is 32.2. The van der Waals surface area contributed by atoms with Gasteiger partial charge in [0.25, 0.3) is 0 Å². The Morgan fingerprint density at radius 1 is 1.36 bits per heavy atom. The smallest absolute Gasteiger partial charge is 0.230 e. The van der Waals surface area contributed by atoms with Crippen LogP contribution in [-0.2, 0) is 22.6 Å². The van der Waals surface area contributed by atoms with Gasteiger partial charge in [0.05, 0.1) is 18.4 Å². The molecule has 0 spiro atoms. The molecule has 1 saturated carbocycles. The molecule has 28 heavy (non-hydrogen) atoms. The summed E-state index contributed by atoms with van der Waals surface area (Å²) in [5, 5.41) is 15.4. The molecule has 0 atom stereocenters. The molecule has 1 fully saturated rings. The molecule has 8 nitrogen and oxygen atoms in total. The van der Waals surface area contributed by atoms with E-state index in [-0.39, 0.29) is 24.3 Å². The van der Waals surface area contributed by atoms with Gasteiger partial charge in [-0.3, -0.25) is 4.79 Å². The Hall–Kier alpha value is -2.20. The van der Waals surface area contributed by atoms with Gasteiger partial charge in [0.15, 0.2) is 6.79 Å². The molecule has 1 aromatic carbocycles. The Balaban J connectivity index is 1.27. The van der Waals surface area contributed by atoms with Crippen LogP contribution in [0.5, 0.6) is 5.75 Å². The van der Waals surface area contributed by atoms with Crippen LogP contribution in [0.25, 0.3) is 0 Å². The maximum absolute atomic E-state index is 13.8. The lowest BCUT2D eigenvalue weighted by Crippen LogP contribution is -2.28. The molecule has 0 radical (unpaired) electrons. The summed E-state index contributed by atoms with van der Waals surface area (Å²) in [5.74, 6) is 0.453. The second-order valence-corrected chi connectivity index (χ2v) is 7.84. The first kappa shape index (κ1) is 19.1. The van der Waals surface area contributed by atoms with E-state index in [1.807, 2.05) is 4.68 Å². The van der Waals surface area contributed by atoms with Crippen molar-refractivity contribution in [2.75, 3.05) is 19.1 Å². The number of ether oxygens (including phenoxy) is 2. The number of halogens is 1. The standard InChI is InChI=1S/C18H22FN5O3S/c19-14-7-12(17-13(8-14)9-26-11-27-17)5-6-20-16(25)10-28-18-21-22-23-24(18)15-3-1-2-4-15/h7-8,15H,1-6,9-11H2,(H,20,25). The first-order valence-corrected chi connectivity index (χ1v) is 10.4. The zero-order valence-electron chi connectivity index (χ0n) is 15.4. The Bertz CT molecular complexity index is 841. The largest absolute Gasteiger partial charge is 0.467 e. The van der Waals surface area contributed by atoms with Crippen LogP contribution in [-0.4, -0.2) is 45.2 Å². The zero-order valence-corrected chi connectivity index (χ0v) is 16.2. The maximum atomic E-state index is 13.8. The Morgan fingerprint density at radius 3 is 3.07 bits per heavy atom. The third kappa shape index (κ3) is 4.44. The predicted octanol–water partition coefficient (Wildman–Crippen LogP) is 2.24. The van der Waals surface area contributed by atoms with Crippen molar-refractivity contribution >= 4 is 17.7 Å². The van der Waals surface area contributed by atoms with Crippen LogP contribution in [0.4, 0.5) is 4.39 Å². The van der Waals surface area contributed by atoms with Crippen molar-refractivity contribution < 1.29 is 18.7 Å². The minimum absolute atomic E-state index is 0.111. The lowest BCUT2D eigenvalue weighted by atomic mass is 10.1. The summed E-state index contributed by atoms with van der Waals surface area (Å²) in [6, 6.07) is 3.20. The molecule has 1 aliphatic heterocycles. The highest BCUT2D eigenvalue weighted by Gasteiger charge is 2.22. The molecule has 2 aliphatic rings. The summed E-state index contributed by atoms with van der Waals surface area (Å²) >= 11 is 1.33. The molecule has 0 unspecified atom stereocenters. The van der Waals surface area contributed by atoms with E-state index >= 15 is 0 Å². The van der Waals surface area contributed by atoms with Crippen molar-refractivity contribution in [3.8, 4) is 5.75 Å². The third-order valence-electron chi connectivity index (χ3n) is 4.93. The quantitative estimate of drug-likeness (QED) is 0.704. The monoisotopic (exact) mass is 407 g/mol. The first-order chi connectivity index (χ1) is 13.7. The SMILES string of the molecule is O=C(CSc1nnnn1C1CCCC1)NCCc1cc(F)cc2c1OCOC2. The van der Waals surface area contributed by atoms with Gasteiger partial charge in [0, 0.05) is 12.1 Å². The molecule has 10 heteroatoms. The number of benzene rings is 1. The molecular weight excluding hydrogens is 385 g/mol. The van der Waals surface area contributed by atoms with Gasteiger partial charge in [-0.05, 0) is 47.4 Å². The van der Waals surface area contributed by atoms with E-state index in [9.17, 15) is 9.18 Å². The second kappa shape index (κ2) is 8.87. The Labute approximate surface area is 166 Å². The van der Waals surface area contributed by atoms with Crippen molar-refractivity contribution in [2.45, 2.75) is 49.9 Å². The molecule has 1 aromatic heterocycles. The maximum Gasteiger partial charge on any atom is 0.230 e. The molecule has 2 heterocycles. The number of rotatable bonds is 7. The lowest BCUT2D eigenvalue weighted by molar-refractivity contribution is -0.118. The minimum Gasteiger partial charge on any atom is -0.467 e. The first-order valence-electron chi connectivity index (χ1n) is 9.40. The van der Waals surface area contributed by atoms with Crippen LogP contribution in [0, 0.1) is 5.82 Å². The summed E-state index contributed by atoms with van der Waals surface area (Å²) in [7, 11) is 0. The van der Waals surface area contributed by atoms with E-state index in [2.05, 4.69) is 20.8 Å². The van der Waals surface area contributed by atoms with Gasteiger partial charge >= 0.3 is 0 Å². The number of thioether (sulfide) groups is 1. The number of tetrazole rings is 1. The fourth-order valence-electron chi connectivity index (χ4n) is 3.62. The number of fused-ring (bicyclic) bond motifs is 1.